The summed E-state index contributed by atoms with van der Waals surface area (Å²) >= 11 is 0. The third kappa shape index (κ3) is 3.52. The van der Waals surface area contributed by atoms with Gasteiger partial charge in [0.25, 0.3) is 5.91 Å². The molecule has 0 aromatic heterocycles. The normalized spacial score (nSPS) is 22.0. The summed E-state index contributed by atoms with van der Waals surface area (Å²) in [6.45, 7) is 1.04. The first-order chi connectivity index (χ1) is 13.0. The van der Waals surface area contributed by atoms with E-state index in [-0.39, 0.29) is 24.6 Å². The minimum atomic E-state index is -0.754. The van der Waals surface area contributed by atoms with Crippen LogP contribution in [-0.4, -0.2) is 41.3 Å². The lowest BCUT2D eigenvalue weighted by Gasteiger charge is -2.28. The van der Waals surface area contributed by atoms with Crippen LogP contribution >= 0.6 is 0 Å². The largest absolute Gasteiger partial charge is 0.487 e. The number of halogens is 2. The minimum Gasteiger partial charge on any atom is -0.487 e. The Labute approximate surface area is 155 Å². The van der Waals surface area contributed by atoms with E-state index in [1.807, 2.05) is 6.07 Å². The summed E-state index contributed by atoms with van der Waals surface area (Å²) in [5.74, 6) is -1.20. The molecule has 0 radical (unpaired) electrons. The van der Waals surface area contributed by atoms with Gasteiger partial charge in [-0.15, -0.1) is 0 Å². The van der Waals surface area contributed by atoms with E-state index in [9.17, 15) is 18.7 Å². The van der Waals surface area contributed by atoms with E-state index < -0.39 is 23.8 Å². The molecule has 2 aromatic carbocycles. The quantitative estimate of drug-likeness (QED) is 0.893. The van der Waals surface area contributed by atoms with Crippen molar-refractivity contribution >= 4 is 5.91 Å². The Morgan fingerprint density at radius 3 is 2.89 bits per heavy atom. The summed E-state index contributed by atoms with van der Waals surface area (Å²) in [6, 6.07) is 8.63. The second-order valence-electron chi connectivity index (χ2n) is 6.77. The van der Waals surface area contributed by atoms with E-state index in [4.69, 9.17) is 9.47 Å². The lowest BCUT2D eigenvalue weighted by molar-refractivity contribution is -0.0752. The molecular weight excluding hydrogens is 356 g/mol. The zero-order valence-electron chi connectivity index (χ0n) is 14.5. The van der Waals surface area contributed by atoms with Crippen molar-refractivity contribution in [1.82, 2.24) is 4.90 Å². The fourth-order valence-corrected chi connectivity index (χ4v) is 3.47. The molecule has 1 amide bonds. The van der Waals surface area contributed by atoms with Gasteiger partial charge in [-0.3, -0.25) is 4.79 Å². The zero-order valence-corrected chi connectivity index (χ0v) is 14.5. The van der Waals surface area contributed by atoms with Gasteiger partial charge in [0.15, 0.2) is 0 Å². The number of amides is 1. The number of nitrogens with zero attached hydrogens (tertiary/aromatic N) is 1. The van der Waals surface area contributed by atoms with Crippen LogP contribution in [0.25, 0.3) is 0 Å². The number of aliphatic hydroxyl groups excluding tert-OH is 1. The highest BCUT2D eigenvalue weighted by Gasteiger charge is 2.33. The van der Waals surface area contributed by atoms with Gasteiger partial charge in [-0.2, -0.15) is 0 Å². The molecule has 1 saturated heterocycles. The molecule has 27 heavy (non-hydrogen) atoms. The summed E-state index contributed by atoms with van der Waals surface area (Å²) in [5.41, 5.74) is 1.46. The first-order valence-corrected chi connectivity index (χ1v) is 8.80. The summed E-state index contributed by atoms with van der Waals surface area (Å²) in [4.78, 5) is 14.4. The van der Waals surface area contributed by atoms with Gasteiger partial charge in [0.1, 0.15) is 29.6 Å². The molecule has 4 rings (SSSR count). The van der Waals surface area contributed by atoms with Gasteiger partial charge in [-0.25, -0.2) is 8.78 Å². The first kappa shape index (κ1) is 17.9. The molecule has 0 spiro atoms. The van der Waals surface area contributed by atoms with E-state index in [0.717, 1.165) is 11.6 Å². The predicted octanol–water partition coefficient (Wildman–Crippen LogP) is 2.65. The molecule has 2 aromatic rings. The van der Waals surface area contributed by atoms with Gasteiger partial charge in [0.2, 0.25) is 0 Å². The highest BCUT2D eigenvalue weighted by molar-refractivity contribution is 6.01. The summed E-state index contributed by atoms with van der Waals surface area (Å²) in [5, 5.41) is 10.0. The molecule has 7 heteroatoms. The topological polar surface area (TPSA) is 59.0 Å². The van der Waals surface area contributed by atoms with Crippen molar-refractivity contribution < 1.29 is 28.2 Å². The molecule has 0 aliphatic carbocycles. The molecule has 5 nitrogen and oxygen atoms in total. The predicted molar refractivity (Wildman–Crippen MR) is 92.2 cm³/mol. The maximum absolute atomic E-state index is 13.9. The number of aliphatic hydroxyl groups is 1. The minimum absolute atomic E-state index is 0.0406. The molecule has 2 atom stereocenters. The van der Waals surface area contributed by atoms with Gasteiger partial charge in [0.05, 0.1) is 18.8 Å². The van der Waals surface area contributed by atoms with Gasteiger partial charge in [-0.1, -0.05) is 18.2 Å². The zero-order chi connectivity index (χ0) is 19.0. The molecule has 0 saturated carbocycles. The number of carbonyl (C=O) groups is 1. The molecule has 142 valence electrons. The standard InChI is InChI=1S/C20H19F2NO4/c21-14-5-4-12(15(22)8-14)9-23-10-13-2-1-3-18(19(13)20(23)25)27-17-6-7-26-11-16(17)24/h1-5,8,16-17,24H,6-7,9-11H2/t16-,17-/m1/s1. The van der Waals surface area contributed by atoms with E-state index in [2.05, 4.69) is 0 Å². The Balaban J connectivity index is 1.55. The Hall–Kier alpha value is -2.51. The number of ether oxygens (including phenoxy) is 2. The van der Waals surface area contributed by atoms with E-state index in [1.165, 1.54) is 17.0 Å². The number of hydrogen-bond acceptors (Lipinski definition) is 4. The van der Waals surface area contributed by atoms with Gasteiger partial charge < -0.3 is 19.5 Å². The average Bonchev–Trinajstić information content (AvgIpc) is 2.96. The molecular formula is C20H19F2NO4. The first-order valence-electron chi connectivity index (χ1n) is 8.80. The van der Waals surface area contributed by atoms with Crippen molar-refractivity contribution in [3.63, 3.8) is 0 Å². The molecule has 2 heterocycles. The Morgan fingerprint density at radius 2 is 2.11 bits per heavy atom. The number of fused-ring (bicyclic) bond motifs is 1. The summed E-state index contributed by atoms with van der Waals surface area (Å²) < 4.78 is 38.2. The molecule has 1 fully saturated rings. The van der Waals surface area contributed by atoms with Crippen LogP contribution in [0, 0.1) is 11.6 Å². The van der Waals surface area contributed by atoms with Crippen molar-refractivity contribution in [2.75, 3.05) is 13.2 Å². The van der Waals surface area contributed by atoms with Crippen LogP contribution in [0.3, 0.4) is 0 Å². The molecule has 2 aliphatic heterocycles. The molecule has 1 N–H and O–H groups in total. The second-order valence-corrected chi connectivity index (χ2v) is 6.77. The fraction of sp³-hybridized carbons (Fsp3) is 0.350. The van der Waals surface area contributed by atoms with Crippen molar-refractivity contribution in [3.8, 4) is 5.75 Å². The smallest absolute Gasteiger partial charge is 0.258 e. The van der Waals surface area contributed by atoms with Crippen LogP contribution in [-0.2, 0) is 17.8 Å². The highest BCUT2D eigenvalue weighted by atomic mass is 19.1. The summed E-state index contributed by atoms with van der Waals surface area (Å²) in [6.07, 6.45) is -0.666. The Kier molecular flexibility index (Phi) is 4.80. The molecule has 0 bridgehead atoms. The van der Waals surface area contributed by atoms with Crippen molar-refractivity contribution in [2.24, 2.45) is 0 Å². The van der Waals surface area contributed by atoms with Crippen LogP contribution < -0.4 is 4.74 Å². The monoisotopic (exact) mass is 375 g/mol. The van der Waals surface area contributed by atoms with Crippen LogP contribution in [0.2, 0.25) is 0 Å². The van der Waals surface area contributed by atoms with E-state index in [1.54, 1.807) is 12.1 Å². The SMILES string of the molecule is O=C1c2c(cccc2O[C@@H]2CCOC[C@H]2O)CN1Cc1ccc(F)cc1F. The van der Waals surface area contributed by atoms with Crippen LogP contribution in [0.15, 0.2) is 36.4 Å². The number of rotatable bonds is 4. The van der Waals surface area contributed by atoms with Gasteiger partial charge in [-0.05, 0) is 17.7 Å². The van der Waals surface area contributed by atoms with Gasteiger partial charge >= 0.3 is 0 Å². The third-order valence-corrected chi connectivity index (χ3v) is 4.89. The number of carbonyl (C=O) groups excluding carboxylic acids is 1. The molecule has 0 unspecified atom stereocenters. The van der Waals surface area contributed by atoms with Crippen LogP contribution in [0.4, 0.5) is 8.78 Å². The van der Waals surface area contributed by atoms with Crippen LogP contribution in [0.5, 0.6) is 5.75 Å². The maximum atomic E-state index is 13.9. The second kappa shape index (κ2) is 7.25. The maximum Gasteiger partial charge on any atom is 0.258 e. The lowest BCUT2D eigenvalue weighted by atomic mass is 10.1. The van der Waals surface area contributed by atoms with Crippen LogP contribution in [0.1, 0.15) is 27.9 Å². The number of benzene rings is 2. The Morgan fingerprint density at radius 1 is 1.26 bits per heavy atom. The number of hydrogen-bond donors (Lipinski definition) is 1. The lowest BCUT2D eigenvalue weighted by Crippen LogP contribution is -2.40. The van der Waals surface area contributed by atoms with Gasteiger partial charge in [0, 0.05) is 31.1 Å². The summed E-state index contributed by atoms with van der Waals surface area (Å²) in [7, 11) is 0. The van der Waals surface area contributed by atoms with Crippen molar-refractivity contribution in [1.29, 1.82) is 0 Å². The van der Waals surface area contributed by atoms with Crippen molar-refractivity contribution in [3.05, 3.63) is 64.7 Å². The molecule has 2 aliphatic rings. The highest BCUT2D eigenvalue weighted by Crippen LogP contribution is 2.33. The fourth-order valence-electron chi connectivity index (χ4n) is 3.47. The Bertz CT molecular complexity index is 873. The third-order valence-electron chi connectivity index (χ3n) is 4.89. The van der Waals surface area contributed by atoms with Crippen molar-refractivity contribution in [2.45, 2.75) is 31.7 Å². The van der Waals surface area contributed by atoms with E-state index >= 15 is 0 Å². The average molecular weight is 375 g/mol. The van der Waals surface area contributed by atoms with E-state index in [0.29, 0.717) is 30.9 Å².